The van der Waals surface area contributed by atoms with Gasteiger partial charge in [0.1, 0.15) is 0 Å². The molecule has 0 aromatic heterocycles. The first-order valence-corrected chi connectivity index (χ1v) is 11.1. The molecule has 1 amide bonds. The van der Waals surface area contributed by atoms with E-state index in [1.54, 1.807) is 49.5 Å². The Balaban J connectivity index is 1.85. The molecule has 150 valence electrons. The van der Waals surface area contributed by atoms with E-state index < -0.39 is 10.0 Å². The first-order chi connectivity index (χ1) is 13.2. The minimum atomic E-state index is -3.65. The van der Waals surface area contributed by atoms with E-state index in [1.165, 1.54) is 4.31 Å². The number of sulfonamides is 1. The maximum Gasteiger partial charge on any atom is 0.264 e. The van der Waals surface area contributed by atoms with Crippen LogP contribution in [0.2, 0.25) is 0 Å². The quantitative estimate of drug-likeness (QED) is 0.779. The summed E-state index contributed by atoms with van der Waals surface area (Å²) in [5, 5.41) is 0. The van der Waals surface area contributed by atoms with Crippen molar-refractivity contribution in [2.24, 2.45) is 5.92 Å². The molecule has 0 saturated carbocycles. The van der Waals surface area contributed by atoms with Gasteiger partial charge in [-0.15, -0.1) is 0 Å². The second-order valence-corrected chi connectivity index (χ2v) is 9.75. The molecular weight excluding hydrogens is 372 g/mol. The van der Waals surface area contributed by atoms with Crippen LogP contribution in [0.3, 0.4) is 0 Å². The first kappa shape index (κ1) is 20.4. The molecule has 2 aromatic rings. The van der Waals surface area contributed by atoms with Crippen LogP contribution in [0.15, 0.2) is 47.4 Å². The van der Waals surface area contributed by atoms with Crippen molar-refractivity contribution in [3.05, 3.63) is 59.2 Å². The van der Waals surface area contributed by atoms with Gasteiger partial charge in [-0.2, -0.15) is 0 Å². The third-order valence-electron chi connectivity index (χ3n) is 5.41. The standard InChI is InChI=1S/C22H28N2O3S/c1-16-7-10-20(11-8-16)28(26,27)23(4)21-12-9-19(14-18(21)3)22(25)24-13-5-6-17(2)15-24/h7-12,14,17H,5-6,13,15H2,1-4H3. The Hall–Kier alpha value is -2.34. The van der Waals surface area contributed by atoms with Crippen molar-refractivity contribution < 1.29 is 13.2 Å². The molecule has 1 atom stereocenters. The topological polar surface area (TPSA) is 57.7 Å². The van der Waals surface area contributed by atoms with Crippen molar-refractivity contribution in [2.45, 2.75) is 38.5 Å². The molecule has 0 spiro atoms. The summed E-state index contributed by atoms with van der Waals surface area (Å²) in [6, 6.07) is 12.0. The largest absolute Gasteiger partial charge is 0.338 e. The summed E-state index contributed by atoms with van der Waals surface area (Å²) in [5.74, 6) is 0.536. The lowest BCUT2D eigenvalue weighted by atomic mass is 9.99. The SMILES string of the molecule is Cc1ccc(S(=O)(=O)N(C)c2ccc(C(=O)N3CCCC(C)C3)cc2C)cc1. The smallest absolute Gasteiger partial charge is 0.264 e. The maximum atomic E-state index is 12.9. The van der Waals surface area contributed by atoms with E-state index >= 15 is 0 Å². The Labute approximate surface area is 168 Å². The normalized spacial score (nSPS) is 17.4. The number of nitrogens with zero attached hydrogens (tertiary/aromatic N) is 2. The van der Waals surface area contributed by atoms with E-state index in [0.717, 1.165) is 37.1 Å². The third kappa shape index (κ3) is 4.07. The minimum absolute atomic E-state index is 0.0187. The monoisotopic (exact) mass is 400 g/mol. The molecule has 0 aliphatic carbocycles. The van der Waals surface area contributed by atoms with Crippen molar-refractivity contribution in [2.75, 3.05) is 24.4 Å². The second-order valence-electron chi connectivity index (χ2n) is 7.79. The van der Waals surface area contributed by atoms with Gasteiger partial charge in [-0.3, -0.25) is 9.10 Å². The lowest BCUT2D eigenvalue weighted by Gasteiger charge is -2.31. The Morgan fingerprint density at radius 3 is 2.39 bits per heavy atom. The molecule has 1 aliphatic rings. The Morgan fingerprint density at radius 1 is 1.11 bits per heavy atom. The van der Waals surface area contributed by atoms with Gasteiger partial charge < -0.3 is 4.90 Å². The van der Waals surface area contributed by atoms with Crippen LogP contribution in [0.25, 0.3) is 0 Å². The van der Waals surface area contributed by atoms with Gasteiger partial charge in [0.2, 0.25) is 0 Å². The number of hydrogen-bond donors (Lipinski definition) is 0. The maximum absolute atomic E-state index is 12.9. The average Bonchev–Trinajstić information content (AvgIpc) is 2.67. The first-order valence-electron chi connectivity index (χ1n) is 9.65. The molecule has 1 heterocycles. The van der Waals surface area contributed by atoms with Crippen molar-refractivity contribution >= 4 is 21.6 Å². The zero-order valence-corrected chi connectivity index (χ0v) is 17.8. The van der Waals surface area contributed by atoms with E-state index in [9.17, 15) is 13.2 Å². The number of amides is 1. The summed E-state index contributed by atoms with van der Waals surface area (Å²) < 4.78 is 27.2. The Bertz CT molecular complexity index is 968. The molecule has 3 rings (SSSR count). The van der Waals surface area contributed by atoms with Gasteiger partial charge in [-0.05, 0) is 68.5 Å². The number of carbonyl (C=O) groups excluding carboxylic acids is 1. The lowest BCUT2D eigenvalue weighted by Crippen LogP contribution is -2.39. The van der Waals surface area contributed by atoms with Gasteiger partial charge in [0.15, 0.2) is 0 Å². The van der Waals surface area contributed by atoms with Gasteiger partial charge in [0, 0.05) is 25.7 Å². The predicted molar refractivity (Wildman–Crippen MR) is 112 cm³/mol. The molecule has 6 heteroatoms. The van der Waals surface area contributed by atoms with E-state index in [-0.39, 0.29) is 10.8 Å². The number of piperidine rings is 1. The van der Waals surface area contributed by atoms with Crippen LogP contribution in [-0.2, 0) is 10.0 Å². The molecule has 1 aliphatic heterocycles. The van der Waals surface area contributed by atoms with Crippen LogP contribution in [0.5, 0.6) is 0 Å². The minimum Gasteiger partial charge on any atom is -0.338 e. The van der Waals surface area contributed by atoms with Gasteiger partial charge in [-0.25, -0.2) is 8.42 Å². The van der Waals surface area contributed by atoms with E-state index in [2.05, 4.69) is 6.92 Å². The highest BCUT2D eigenvalue weighted by molar-refractivity contribution is 7.92. The highest BCUT2D eigenvalue weighted by Gasteiger charge is 2.25. The van der Waals surface area contributed by atoms with Gasteiger partial charge in [0.25, 0.3) is 15.9 Å². The molecule has 0 bridgehead atoms. The molecule has 2 aromatic carbocycles. The fourth-order valence-electron chi connectivity index (χ4n) is 3.70. The van der Waals surface area contributed by atoms with Crippen molar-refractivity contribution in [1.82, 2.24) is 4.90 Å². The highest BCUT2D eigenvalue weighted by Crippen LogP contribution is 2.27. The van der Waals surface area contributed by atoms with Crippen molar-refractivity contribution in [3.63, 3.8) is 0 Å². The van der Waals surface area contributed by atoms with Crippen molar-refractivity contribution in [1.29, 1.82) is 0 Å². The Morgan fingerprint density at radius 2 is 1.79 bits per heavy atom. The Kier molecular flexibility index (Phi) is 5.79. The summed E-state index contributed by atoms with van der Waals surface area (Å²) >= 11 is 0. The molecule has 0 N–H and O–H groups in total. The molecule has 28 heavy (non-hydrogen) atoms. The average molecular weight is 401 g/mol. The molecule has 0 radical (unpaired) electrons. The van der Waals surface area contributed by atoms with Crippen LogP contribution in [-0.4, -0.2) is 39.4 Å². The fourth-order valence-corrected chi connectivity index (χ4v) is 4.96. The van der Waals surface area contributed by atoms with Crippen LogP contribution in [0.1, 0.15) is 41.3 Å². The van der Waals surface area contributed by atoms with Crippen molar-refractivity contribution in [3.8, 4) is 0 Å². The zero-order chi connectivity index (χ0) is 20.5. The third-order valence-corrected chi connectivity index (χ3v) is 7.19. The van der Waals surface area contributed by atoms with Gasteiger partial charge in [-0.1, -0.05) is 24.6 Å². The zero-order valence-electron chi connectivity index (χ0n) is 17.0. The summed E-state index contributed by atoms with van der Waals surface area (Å²) in [5.41, 5.74) is 2.95. The van der Waals surface area contributed by atoms with Crippen LogP contribution >= 0.6 is 0 Å². The number of likely N-dealkylation sites (tertiary alicyclic amines) is 1. The second kappa shape index (κ2) is 7.95. The van der Waals surface area contributed by atoms with E-state index in [4.69, 9.17) is 0 Å². The molecule has 5 nitrogen and oxygen atoms in total. The lowest BCUT2D eigenvalue weighted by molar-refractivity contribution is 0.0683. The molecule has 1 fully saturated rings. The van der Waals surface area contributed by atoms with Gasteiger partial charge in [0.05, 0.1) is 10.6 Å². The number of hydrogen-bond acceptors (Lipinski definition) is 3. The molecular formula is C22H28N2O3S. The van der Waals surface area contributed by atoms with Crippen LogP contribution in [0, 0.1) is 19.8 Å². The van der Waals surface area contributed by atoms with Gasteiger partial charge >= 0.3 is 0 Å². The number of rotatable bonds is 4. The van der Waals surface area contributed by atoms with E-state index in [0.29, 0.717) is 17.2 Å². The fraction of sp³-hybridized carbons (Fsp3) is 0.409. The van der Waals surface area contributed by atoms with Crippen LogP contribution < -0.4 is 4.31 Å². The summed E-state index contributed by atoms with van der Waals surface area (Å²) in [7, 11) is -2.11. The van der Waals surface area contributed by atoms with Crippen LogP contribution in [0.4, 0.5) is 5.69 Å². The molecule has 1 unspecified atom stereocenters. The summed E-state index contributed by atoms with van der Waals surface area (Å²) in [6.07, 6.45) is 2.19. The number of benzene rings is 2. The predicted octanol–water partition coefficient (Wildman–Crippen LogP) is 4.00. The van der Waals surface area contributed by atoms with E-state index in [1.807, 2.05) is 18.7 Å². The highest BCUT2D eigenvalue weighted by atomic mass is 32.2. The summed E-state index contributed by atoms with van der Waals surface area (Å²) in [6.45, 7) is 7.49. The number of carbonyl (C=O) groups is 1. The number of anilines is 1. The molecule has 1 saturated heterocycles. The number of aryl methyl sites for hydroxylation is 2. The summed E-state index contributed by atoms with van der Waals surface area (Å²) in [4.78, 5) is 15.0.